The summed E-state index contributed by atoms with van der Waals surface area (Å²) in [6.45, 7) is 0.371. The van der Waals surface area contributed by atoms with E-state index in [4.69, 9.17) is 11.1 Å². The molecule has 5 rings (SSSR count). The van der Waals surface area contributed by atoms with Crippen LogP contribution >= 0.6 is 0 Å². The predicted molar refractivity (Wildman–Crippen MR) is 175 cm³/mol. The van der Waals surface area contributed by atoms with Crippen LogP contribution in [0.2, 0.25) is 0 Å². The molecule has 0 bridgehead atoms. The van der Waals surface area contributed by atoms with Gasteiger partial charge in [-0.2, -0.15) is 0 Å². The molecule has 4 N–H and O–H groups in total. The number of carbonyl (C=O) groups is 2. The summed E-state index contributed by atoms with van der Waals surface area (Å²) >= 11 is 0. The Kier molecular flexibility index (Phi) is 9.47. The van der Waals surface area contributed by atoms with Crippen molar-refractivity contribution in [2.24, 2.45) is 5.73 Å². The number of amides is 2. The Morgan fingerprint density at radius 3 is 1.70 bits per heavy atom. The minimum atomic E-state index is -1.00. The van der Waals surface area contributed by atoms with Gasteiger partial charge in [0.25, 0.3) is 0 Å². The molecule has 0 aliphatic heterocycles. The molecule has 0 saturated heterocycles. The van der Waals surface area contributed by atoms with Gasteiger partial charge in [0.2, 0.25) is 11.8 Å². The van der Waals surface area contributed by atoms with Gasteiger partial charge < -0.3 is 16.0 Å². The molecule has 220 valence electrons. The first-order valence-electron chi connectivity index (χ1n) is 14.4. The third-order valence-electron chi connectivity index (χ3n) is 7.42. The largest absolute Gasteiger partial charge is 0.369 e. The standard InChI is InChI=1S/C37H35N5O2/c1-41(26-27-15-6-2-7-16-27)36(44)34(30-21-14-24-32(25-30)42(37(38)39)31-22-12-5-13-23-31)40-35(43)33(28-17-8-3-9-18-28)29-19-10-4-11-20-29/h2-25,33-34H,26H2,1H3,(H3,38,39)(H,40,43)/t34-/m1/s1. The highest BCUT2D eigenvalue weighted by atomic mass is 16.2. The van der Waals surface area contributed by atoms with Crippen LogP contribution in [0.5, 0.6) is 0 Å². The van der Waals surface area contributed by atoms with Crippen LogP contribution in [0, 0.1) is 5.41 Å². The first-order chi connectivity index (χ1) is 21.4. The van der Waals surface area contributed by atoms with Crippen molar-refractivity contribution in [2.45, 2.75) is 18.5 Å². The second kappa shape index (κ2) is 14.0. The van der Waals surface area contributed by atoms with Crippen LogP contribution in [0.3, 0.4) is 0 Å². The molecule has 0 aromatic heterocycles. The Labute approximate surface area is 258 Å². The first kappa shape index (κ1) is 29.8. The lowest BCUT2D eigenvalue weighted by Crippen LogP contribution is -2.43. The third-order valence-corrected chi connectivity index (χ3v) is 7.42. The lowest BCUT2D eigenvalue weighted by Gasteiger charge is -2.28. The molecule has 0 aliphatic carbocycles. The van der Waals surface area contributed by atoms with Gasteiger partial charge in [0.05, 0.1) is 5.92 Å². The van der Waals surface area contributed by atoms with E-state index in [0.29, 0.717) is 23.5 Å². The summed E-state index contributed by atoms with van der Waals surface area (Å²) in [6, 6.07) is 44.4. The van der Waals surface area contributed by atoms with Crippen molar-refractivity contribution < 1.29 is 9.59 Å². The normalized spacial score (nSPS) is 11.4. The van der Waals surface area contributed by atoms with Crippen LogP contribution < -0.4 is 16.0 Å². The van der Waals surface area contributed by atoms with E-state index in [0.717, 1.165) is 16.7 Å². The number of hydrogen-bond donors (Lipinski definition) is 3. The molecule has 44 heavy (non-hydrogen) atoms. The van der Waals surface area contributed by atoms with Crippen molar-refractivity contribution in [1.82, 2.24) is 10.2 Å². The van der Waals surface area contributed by atoms with Crippen LogP contribution in [0.4, 0.5) is 11.4 Å². The number of hydrogen-bond acceptors (Lipinski definition) is 3. The second-order valence-corrected chi connectivity index (χ2v) is 10.5. The van der Waals surface area contributed by atoms with Crippen LogP contribution in [0.1, 0.15) is 34.2 Å². The number of likely N-dealkylation sites (N-methyl/N-ethyl adjacent to an activating group) is 1. The Hall–Kier alpha value is -5.69. The second-order valence-electron chi connectivity index (χ2n) is 10.5. The van der Waals surface area contributed by atoms with Crippen LogP contribution in [-0.2, 0) is 16.1 Å². The Bertz CT molecular complexity index is 1660. The minimum absolute atomic E-state index is 0.172. The summed E-state index contributed by atoms with van der Waals surface area (Å²) in [5.41, 5.74) is 10.5. The van der Waals surface area contributed by atoms with Crippen molar-refractivity contribution >= 4 is 29.1 Å². The maximum atomic E-state index is 14.2. The molecule has 7 heteroatoms. The number of benzene rings is 5. The zero-order chi connectivity index (χ0) is 30.9. The van der Waals surface area contributed by atoms with Crippen LogP contribution in [0.15, 0.2) is 146 Å². The summed E-state index contributed by atoms with van der Waals surface area (Å²) < 4.78 is 0. The van der Waals surface area contributed by atoms with Crippen LogP contribution in [-0.4, -0.2) is 29.7 Å². The molecule has 2 amide bonds. The number of carbonyl (C=O) groups excluding carboxylic acids is 2. The monoisotopic (exact) mass is 581 g/mol. The summed E-state index contributed by atoms with van der Waals surface area (Å²) in [6.07, 6.45) is 0. The highest BCUT2D eigenvalue weighted by Gasteiger charge is 2.31. The number of nitrogens with two attached hydrogens (primary N) is 1. The van der Waals surface area contributed by atoms with E-state index in [1.165, 1.54) is 0 Å². The summed E-state index contributed by atoms with van der Waals surface area (Å²) in [5, 5.41) is 11.4. The molecule has 0 spiro atoms. The quantitative estimate of drug-likeness (QED) is 0.132. The molecular formula is C37H35N5O2. The third kappa shape index (κ3) is 7.02. The molecule has 5 aromatic rings. The van der Waals surface area contributed by atoms with Gasteiger partial charge in [0.15, 0.2) is 5.96 Å². The van der Waals surface area contributed by atoms with Gasteiger partial charge in [0.1, 0.15) is 6.04 Å². The highest BCUT2D eigenvalue weighted by molar-refractivity contribution is 6.00. The molecule has 0 aliphatic rings. The van der Waals surface area contributed by atoms with E-state index in [9.17, 15) is 9.59 Å². The molecule has 0 unspecified atom stereocenters. The molecule has 0 radical (unpaired) electrons. The molecule has 5 aromatic carbocycles. The average Bonchev–Trinajstić information content (AvgIpc) is 3.05. The molecular weight excluding hydrogens is 546 g/mol. The molecule has 0 saturated carbocycles. The van der Waals surface area contributed by atoms with Gasteiger partial charge in [-0.3, -0.25) is 19.9 Å². The Morgan fingerprint density at radius 2 is 1.16 bits per heavy atom. The smallest absolute Gasteiger partial charge is 0.249 e. The molecule has 7 nitrogen and oxygen atoms in total. The lowest BCUT2D eigenvalue weighted by molar-refractivity contribution is -0.136. The molecule has 1 atom stereocenters. The fourth-order valence-electron chi connectivity index (χ4n) is 5.30. The maximum absolute atomic E-state index is 14.2. The van der Waals surface area contributed by atoms with Gasteiger partial charge in [-0.1, -0.05) is 121 Å². The topological polar surface area (TPSA) is 103 Å². The Morgan fingerprint density at radius 1 is 0.682 bits per heavy atom. The average molecular weight is 582 g/mol. The number of anilines is 2. The molecule has 0 heterocycles. The minimum Gasteiger partial charge on any atom is -0.369 e. The zero-order valence-corrected chi connectivity index (χ0v) is 24.5. The summed E-state index contributed by atoms with van der Waals surface area (Å²) in [7, 11) is 1.73. The fourth-order valence-corrected chi connectivity index (χ4v) is 5.30. The van der Waals surface area contributed by atoms with E-state index in [1.54, 1.807) is 29.0 Å². The highest BCUT2D eigenvalue weighted by Crippen LogP contribution is 2.30. The SMILES string of the molecule is CN(Cc1ccccc1)C(=O)[C@H](NC(=O)C(c1ccccc1)c1ccccc1)c1cccc(N(C(=N)N)c2ccccc2)c1. The predicted octanol–water partition coefficient (Wildman–Crippen LogP) is 6.37. The number of nitrogens with one attached hydrogen (secondary N) is 2. The maximum Gasteiger partial charge on any atom is 0.249 e. The van der Waals surface area contributed by atoms with Crippen LogP contribution in [0.25, 0.3) is 0 Å². The lowest BCUT2D eigenvalue weighted by atomic mass is 9.90. The van der Waals surface area contributed by atoms with Gasteiger partial charge in [-0.05, 0) is 46.5 Å². The van der Waals surface area contributed by atoms with Crippen molar-refractivity contribution in [3.05, 3.63) is 168 Å². The van der Waals surface area contributed by atoms with Gasteiger partial charge >= 0.3 is 0 Å². The number of rotatable bonds is 10. The fraction of sp³-hybridized carbons (Fsp3) is 0.108. The van der Waals surface area contributed by atoms with Crippen molar-refractivity contribution in [3.8, 4) is 0 Å². The number of nitrogens with zero attached hydrogens (tertiary/aromatic N) is 2. The van der Waals surface area contributed by atoms with Crippen molar-refractivity contribution in [2.75, 3.05) is 11.9 Å². The Balaban J connectivity index is 1.54. The van der Waals surface area contributed by atoms with Crippen molar-refractivity contribution in [1.29, 1.82) is 5.41 Å². The zero-order valence-electron chi connectivity index (χ0n) is 24.5. The van der Waals surface area contributed by atoms with Gasteiger partial charge in [-0.25, -0.2) is 0 Å². The summed E-state index contributed by atoms with van der Waals surface area (Å²) in [4.78, 5) is 31.6. The molecule has 0 fully saturated rings. The number of guanidine groups is 1. The van der Waals surface area contributed by atoms with E-state index >= 15 is 0 Å². The summed E-state index contributed by atoms with van der Waals surface area (Å²) in [5.74, 6) is -1.37. The van der Waals surface area contributed by atoms with E-state index in [1.807, 2.05) is 133 Å². The van der Waals surface area contributed by atoms with E-state index in [-0.39, 0.29) is 17.8 Å². The van der Waals surface area contributed by atoms with E-state index in [2.05, 4.69) is 5.32 Å². The van der Waals surface area contributed by atoms with Gasteiger partial charge in [-0.15, -0.1) is 0 Å². The number of para-hydroxylation sites is 1. The van der Waals surface area contributed by atoms with Crippen molar-refractivity contribution in [3.63, 3.8) is 0 Å². The first-order valence-corrected chi connectivity index (χ1v) is 14.4. The van der Waals surface area contributed by atoms with Gasteiger partial charge in [0, 0.05) is 25.0 Å². The van der Waals surface area contributed by atoms with E-state index < -0.39 is 12.0 Å².